The van der Waals surface area contributed by atoms with Gasteiger partial charge in [-0.3, -0.25) is 4.79 Å². The molecule has 2 rings (SSSR count). The lowest BCUT2D eigenvalue weighted by atomic mass is 9.84. The largest absolute Gasteiger partial charge is 0.467 e. The van der Waals surface area contributed by atoms with E-state index in [-0.39, 0.29) is 23.8 Å². The summed E-state index contributed by atoms with van der Waals surface area (Å²) in [6.45, 7) is 0.717. The standard InChI is InChI=1S/C11H17NO3/c1-15-11(14)9-6-3-7-12(9)10(13)8-4-2-5-8/h8-9H,2-7H2,1H3/t9-/m0/s1. The Bertz CT molecular complexity index is 273. The molecule has 1 saturated heterocycles. The highest BCUT2D eigenvalue weighted by molar-refractivity contribution is 5.86. The van der Waals surface area contributed by atoms with E-state index in [0.29, 0.717) is 0 Å². The Morgan fingerprint density at radius 2 is 1.93 bits per heavy atom. The maximum atomic E-state index is 12.0. The van der Waals surface area contributed by atoms with Crippen LogP contribution in [0.5, 0.6) is 0 Å². The van der Waals surface area contributed by atoms with Gasteiger partial charge in [-0.15, -0.1) is 0 Å². The molecule has 0 aromatic carbocycles. The SMILES string of the molecule is COC(=O)[C@@H]1CCCN1C(=O)C1CCC1. The normalized spacial score (nSPS) is 26.2. The summed E-state index contributed by atoms with van der Waals surface area (Å²) in [7, 11) is 1.38. The molecule has 84 valence electrons. The van der Waals surface area contributed by atoms with Gasteiger partial charge >= 0.3 is 5.97 Å². The molecule has 1 heterocycles. The van der Waals surface area contributed by atoms with Crippen molar-refractivity contribution < 1.29 is 14.3 Å². The molecule has 4 nitrogen and oxygen atoms in total. The number of carbonyl (C=O) groups is 2. The topological polar surface area (TPSA) is 46.6 Å². The first-order valence-electron chi connectivity index (χ1n) is 5.62. The second-order valence-electron chi connectivity index (χ2n) is 4.34. The molecule has 0 radical (unpaired) electrons. The number of hydrogen-bond donors (Lipinski definition) is 0. The van der Waals surface area contributed by atoms with E-state index in [4.69, 9.17) is 4.74 Å². The molecule has 1 saturated carbocycles. The summed E-state index contributed by atoms with van der Waals surface area (Å²) in [5.41, 5.74) is 0. The van der Waals surface area contributed by atoms with Crippen LogP contribution in [0.15, 0.2) is 0 Å². The van der Waals surface area contributed by atoms with Crippen LogP contribution < -0.4 is 0 Å². The first kappa shape index (κ1) is 10.5. The third-order valence-electron chi connectivity index (χ3n) is 3.46. The van der Waals surface area contributed by atoms with Crippen LogP contribution in [-0.4, -0.2) is 36.5 Å². The molecule has 0 unspecified atom stereocenters. The minimum atomic E-state index is -0.317. The molecule has 2 fully saturated rings. The van der Waals surface area contributed by atoms with Crippen LogP contribution in [0.3, 0.4) is 0 Å². The van der Waals surface area contributed by atoms with Crippen molar-refractivity contribution in [3.8, 4) is 0 Å². The predicted molar refractivity (Wildman–Crippen MR) is 54.1 cm³/mol. The van der Waals surface area contributed by atoms with E-state index in [1.165, 1.54) is 7.11 Å². The molecule has 0 aromatic heterocycles. The lowest BCUT2D eigenvalue weighted by Crippen LogP contribution is -2.45. The van der Waals surface area contributed by atoms with Gasteiger partial charge in [-0.2, -0.15) is 0 Å². The molecular weight excluding hydrogens is 194 g/mol. The van der Waals surface area contributed by atoms with Gasteiger partial charge in [0.2, 0.25) is 5.91 Å². The second kappa shape index (κ2) is 4.21. The van der Waals surface area contributed by atoms with E-state index in [1.807, 2.05) is 0 Å². The third-order valence-corrected chi connectivity index (χ3v) is 3.46. The fourth-order valence-corrected chi connectivity index (χ4v) is 2.30. The average Bonchev–Trinajstić information content (AvgIpc) is 2.62. The maximum Gasteiger partial charge on any atom is 0.328 e. The summed E-state index contributed by atoms with van der Waals surface area (Å²) in [6.07, 6.45) is 4.79. The van der Waals surface area contributed by atoms with Crippen LogP contribution in [0.25, 0.3) is 0 Å². The molecule has 15 heavy (non-hydrogen) atoms. The Labute approximate surface area is 89.6 Å². The maximum absolute atomic E-state index is 12.0. The molecule has 1 amide bonds. The van der Waals surface area contributed by atoms with Crippen LogP contribution in [0.2, 0.25) is 0 Å². The van der Waals surface area contributed by atoms with E-state index in [2.05, 4.69) is 0 Å². The van der Waals surface area contributed by atoms with Crippen LogP contribution in [0, 0.1) is 5.92 Å². The fraction of sp³-hybridized carbons (Fsp3) is 0.818. The van der Waals surface area contributed by atoms with Crippen molar-refractivity contribution in [2.75, 3.05) is 13.7 Å². The lowest BCUT2D eigenvalue weighted by molar-refractivity contribution is -0.153. The van der Waals surface area contributed by atoms with Gasteiger partial charge in [0.25, 0.3) is 0 Å². The van der Waals surface area contributed by atoms with Gasteiger partial charge in [0.1, 0.15) is 6.04 Å². The van der Waals surface area contributed by atoms with Gasteiger partial charge in [0.05, 0.1) is 7.11 Å². The minimum absolute atomic E-state index is 0.161. The summed E-state index contributed by atoms with van der Waals surface area (Å²) in [5.74, 6) is 0.0737. The van der Waals surface area contributed by atoms with Crippen molar-refractivity contribution in [2.24, 2.45) is 5.92 Å². The van der Waals surface area contributed by atoms with E-state index < -0.39 is 0 Å². The molecular formula is C11H17NO3. The quantitative estimate of drug-likeness (QED) is 0.639. The third kappa shape index (κ3) is 1.85. The average molecular weight is 211 g/mol. The highest BCUT2D eigenvalue weighted by atomic mass is 16.5. The Kier molecular flexibility index (Phi) is 2.93. The van der Waals surface area contributed by atoms with Gasteiger partial charge in [-0.1, -0.05) is 6.42 Å². The van der Waals surface area contributed by atoms with Gasteiger partial charge in [-0.25, -0.2) is 4.79 Å². The smallest absolute Gasteiger partial charge is 0.328 e. The molecule has 4 heteroatoms. The van der Waals surface area contributed by atoms with Crippen molar-refractivity contribution >= 4 is 11.9 Å². The molecule has 2 aliphatic rings. The van der Waals surface area contributed by atoms with Crippen LogP contribution in [-0.2, 0) is 14.3 Å². The molecule has 0 N–H and O–H groups in total. The number of amides is 1. The second-order valence-corrected chi connectivity index (χ2v) is 4.34. The van der Waals surface area contributed by atoms with Gasteiger partial charge in [0.15, 0.2) is 0 Å². The predicted octanol–water partition coefficient (Wildman–Crippen LogP) is 0.950. The summed E-state index contributed by atoms with van der Waals surface area (Å²) in [5, 5.41) is 0. The Hall–Kier alpha value is -1.06. The fourth-order valence-electron chi connectivity index (χ4n) is 2.30. The molecule has 1 aliphatic carbocycles. The monoisotopic (exact) mass is 211 g/mol. The zero-order valence-electron chi connectivity index (χ0n) is 9.07. The van der Waals surface area contributed by atoms with Crippen LogP contribution in [0.1, 0.15) is 32.1 Å². The highest BCUT2D eigenvalue weighted by Gasteiger charge is 2.39. The van der Waals surface area contributed by atoms with Crippen LogP contribution >= 0.6 is 0 Å². The zero-order valence-corrected chi connectivity index (χ0v) is 9.07. The van der Waals surface area contributed by atoms with E-state index in [1.54, 1.807) is 4.90 Å². The Morgan fingerprint density at radius 3 is 2.47 bits per heavy atom. The Morgan fingerprint density at radius 1 is 1.20 bits per heavy atom. The molecule has 1 atom stereocenters. The number of rotatable bonds is 2. The molecule has 0 spiro atoms. The number of ether oxygens (including phenoxy) is 1. The number of methoxy groups -OCH3 is 1. The first-order valence-corrected chi connectivity index (χ1v) is 5.62. The summed E-state index contributed by atoms with van der Waals surface area (Å²) < 4.78 is 4.71. The number of likely N-dealkylation sites (tertiary alicyclic amines) is 1. The van der Waals surface area contributed by atoms with Crippen molar-refractivity contribution in [2.45, 2.75) is 38.1 Å². The number of hydrogen-bond acceptors (Lipinski definition) is 3. The van der Waals surface area contributed by atoms with E-state index >= 15 is 0 Å². The van der Waals surface area contributed by atoms with Crippen molar-refractivity contribution in [3.63, 3.8) is 0 Å². The molecule has 0 bridgehead atoms. The van der Waals surface area contributed by atoms with Gasteiger partial charge in [0, 0.05) is 12.5 Å². The number of esters is 1. The van der Waals surface area contributed by atoms with Crippen LogP contribution in [0.4, 0.5) is 0 Å². The van der Waals surface area contributed by atoms with Crippen molar-refractivity contribution in [3.05, 3.63) is 0 Å². The summed E-state index contributed by atoms with van der Waals surface area (Å²) in [4.78, 5) is 25.1. The van der Waals surface area contributed by atoms with Gasteiger partial charge in [-0.05, 0) is 25.7 Å². The Balaban J connectivity index is 2.00. The number of carbonyl (C=O) groups excluding carboxylic acids is 2. The van der Waals surface area contributed by atoms with E-state index in [9.17, 15) is 9.59 Å². The molecule has 0 aromatic rings. The first-order chi connectivity index (χ1) is 7.24. The van der Waals surface area contributed by atoms with Crippen molar-refractivity contribution in [1.29, 1.82) is 0 Å². The molecule has 1 aliphatic heterocycles. The highest BCUT2D eigenvalue weighted by Crippen LogP contribution is 2.31. The minimum Gasteiger partial charge on any atom is -0.467 e. The summed E-state index contributed by atoms with van der Waals surface area (Å²) >= 11 is 0. The van der Waals surface area contributed by atoms with Gasteiger partial charge < -0.3 is 9.64 Å². The zero-order chi connectivity index (χ0) is 10.8. The lowest BCUT2D eigenvalue weighted by Gasteiger charge is -2.31. The number of nitrogens with zero attached hydrogens (tertiary/aromatic N) is 1. The van der Waals surface area contributed by atoms with E-state index in [0.717, 1.165) is 38.6 Å². The van der Waals surface area contributed by atoms with Crippen molar-refractivity contribution in [1.82, 2.24) is 4.90 Å². The summed E-state index contributed by atoms with van der Waals surface area (Å²) in [6, 6.07) is -0.317.